The molecule has 0 saturated carbocycles. The number of rotatable bonds is 3. The van der Waals surface area contributed by atoms with Crippen LogP contribution in [0.1, 0.15) is 74.1 Å². The highest BCUT2D eigenvalue weighted by Gasteiger charge is 2.48. The minimum Gasteiger partial charge on any atom is -0.459 e. The number of nitrogens with zero attached hydrogens (tertiary/aromatic N) is 3. The number of ether oxygens (including phenoxy) is 1. The Balaban J connectivity index is 2.44. The van der Waals surface area contributed by atoms with Gasteiger partial charge in [-0.2, -0.15) is 0 Å². The van der Waals surface area contributed by atoms with Crippen molar-refractivity contribution >= 4 is 5.97 Å². The first-order valence-electron chi connectivity index (χ1n) is 12.1. The SMILES string of the molecule is CC[C@H]1OC(=O)C(C)[C@@](O)(Cn2ccnn2)[C@H](C)C[C@@](C)(O)C[C@@H](C)CN[C@H](C)C[C@]1(C)O. The van der Waals surface area contributed by atoms with E-state index in [1.807, 2.05) is 20.8 Å². The summed E-state index contributed by atoms with van der Waals surface area (Å²) in [5.74, 6) is -1.79. The topological polar surface area (TPSA) is 130 Å². The van der Waals surface area contributed by atoms with Gasteiger partial charge in [-0.05, 0) is 71.8 Å². The zero-order valence-electron chi connectivity index (χ0n) is 21.3. The molecule has 4 N–H and O–H groups in total. The van der Waals surface area contributed by atoms with Gasteiger partial charge in [0.25, 0.3) is 0 Å². The number of hydrogen-bond acceptors (Lipinski definition) is 8. The van der Waals surface area contributed by atoms with Gasteiger partial charge in [-0.25, -0.2) is 4.68 Å². The normalized spacial score (nSPS) is 42.2. The van der Waals surface area contributed by atoms with Crippen molar-refractivity contribution in [3.63, 3.8) is 0 Å². The van der Waals surface area contributed by atoms with E-state index in [0.717, 1.165) is 0 Å². The van der Waals surface area contributed by atoms with E-state index in [1.165, 1.54) is 10.9 Å². The van der Waals surface area contributed by atoms with Gasteiger partial charge in [-0.15, -0.1) is 5.10 Å². The number of aliphatic hydroxyl groups is 3. The second kappa shape index (κ2) is 10.8. The van der Waals surface area contributed by atoms with Crippen molar-refractivity contribution in [3.05, 3.63) is 12.4 Å². The molecule has 0 bridgehead atoms. The molecule has 8 atom stereocenters. The van der Waals surface area contributed by atoms with Crippen LogP contribution in [0.4, 0.5) is 0 Å². The van der Waals surface area contributed by atoms with Crippen LogP contribution in [0.3, 0.4) is 0 Å². The number of nitrogens with one attached hydrogen (secondary N) is 1. The summed E-state index contributed by atoms with van der Waals surface area (Å²) < 4.78 is 7.29. The Hall–Kier alpha value is -1.55. The summed E-state index contributed by atoms with van der Waals surface area (Å²) in [7, 11) is 0. The maximum absolute atomic E-state index is 13.3. The molecule has 9 heteroatoms. The minimum atomic E-state index is -1.55. The van der Waals surface area contributed by atoms with Gasteiger partial charge in [0.1, 0.15) is 11.7 Å². The summed E-state index contributed by atoms with van der Waals surface area (Å²) in [6.07, 6.45) is 4.10. The Morgan fingerprint density at radius 3 is 2.39 bits per heavy atom. The molecule has 1 aromatic rings. The predicted molar refractivity (Wildman–Crippen MR) is 125 cm³/mol. The fraction of sp³-hybridized carbons (Fsp3) is 0.875. The average molecular weight is 469 g/mol. The smallest absolute Gasteiger partial charge is 0.312 e. The molecule has 1 aliphatic rings. The second-order valence-electron chi connectivity index (χ2n) is 10.9. The van der Waals surface area contributed by atoms with Crippen molar-refractivity contribution in [1.82, 2.24) is 20.3 Å². The summed E-state index contributed by atoms with van der Waals surface area (Å²) >= 11 is 0. The van der Waals surface area contributed by atoms with E-state index in [2.05, 4.69) is 22.6 Å². The number of aromatic nitrogens is 3. The Labute approximate surface area is 197 Å². The maximum atomic E-state index is 13.3. The quantitative estimate of drug-likeness (QED) is 0.495. The van der Waals surface area contributed by atoms with Crippen LogP contribution in [-0.4, -0.2) is 71.8 Å². The van der Waals surface area contributed by atoms with Crippen LogP contribution in [-0.2, 0) is 16.1 Å². The molecule has 2 heterocycles. The van der Waals surface area contributed by atoms with Gasteiger partial charge in [0.15, 0.2) is 0 Å². The summed E-state index contributed by atoms with van der Waals surface area (Å²) in [5.41, 5.74) is -3.82. The lowest BCUT2D eigenvalue weighted by Crippen LogP contribution is -2.53. The van der Waals surface area contributed by atoms with E-state index in [-0.39, 0.29) is 18.5 Å². The highest BCUT2D eigenvalue weighted by atomic mass is 16.6. The van der Waals surface area contributed by atoms with Crippen molar-refractivity contribution in [2.24, 2.45) is 17.8 Å². The third-order valence-electron chi connectivity index (χ3n) is 7.24. The first-order valence-corrected chi connectivity index (χ1v) is 12.1. The first kappa shape index (κ1) is 27.7. The second-order valence-corrected chi connectivity index (χ2v) is 10.9. The van der Waals surface area contributed by atoms with E-state index < -0.39 is 40.7 Å². The largest absolute Gasteiger partial charge is 0.459 e. The molecule has 0 aromatic carbocycles. The van der Waals surface area contributed by atoms with E-state index >= 15 is 0 Å². The van der Waals surface area contributed by atoms with Gasteiger partial charge in [0.2, 0.25) is 0 Å². The lowest BCUT2D eigenvalue weighted by molar-refractivity contribution is -0.184. The third-order valence-corrected chi connectivity index (χ3v) is 7.24. The molecule has 0 spiro atoms. The van der Waals surface area contributed by atoms with Gasteiger partial charge in [0.05, 0.1) is 29.9 Å². The van der Waals surface area contributed by atoms with Gasteiger partial charge in [-0.3, -0.25) is 4.79 Å². The fourth-order valence-electron chi connectivity index (χ4n) is 5.36. The number of hydrogen-bond donors (Lipinski definition) is 4. The van der Waals surface area contributed by atoms with Crippen molar-refractivity contribution in [3.8, 4) is 0 Å². The van der Waals surface area contributed by atoms with Crippen LogP contribution in [0.5, 0.6) is 0 Å². The number of carbonyl (C=O) groups excluding carboxylic acids is 1. The Morgan fingerprint density at radius 1 is 1.15 bits per heavy atom. The van der Waals surface area contributed by atoms with E-state index in [0.29, 0.717) is 32.2 Å². The van der Waals surface area contributed by atoms with E-state index in [1.54, 1.807) is 27.0 Å². The number of carbonyl (C=O) groups is 1. The summed E-state index contributed by atoms with van der Waals surface area (Å²) in [6.45, 7) is 13.6. The molecule has 0 radical (unpaired) electrons. The molecule has 2 rings (SSSR count). The van der Waals surface area contributed by atoms with Crippen LogP contribution in [0.2, 0.25) is 0 Å². The van der Waals surface area contributed by atoms with E-state index in [4.69, 9.17) is 4.74 Å². The lowest BCUT2D eigenvalue weighted by atomic mass is 9.72. The van der Waals surface area contributed by atoms with Crippen LogP contribution >= 0.6 is 0 Å². The van der Waals surface area contributed by atoms with Gasteiger partial charge >= 0.3 is 5.97 Å². The molecule has 0 amide bonds. The molecule has 33 heavy (non-hydrogen) atoms. The van der Waals surface area contributed by atoms with Gasteiger partial charge < -0.3 is 25.4 Å². The number of esters is 1. The first-order chi connectivity index (χ1) is 15.2. The zero-order chi connectivity index (χ0) is 25.0. The summed E-state index contributed by atoms with van der Waals surface area (Å²) in [4.78, 5) is 13.3. The van der Waals surface area contributed by atoms with Gasteiger partial charge in [-0.1, -0.05) is 26.0 Å². The Morgan fingerprint density at radius 2 is 1.82 bits per heavy atom. The molecule has 1 aliphatic heterocycles. The Bertz CT molecular complexity index is 754. The Kier molecular flexibility index (Phi) is 9.06. The van der Waals surface area contributed by atoms with E-state index in [9.17, 15) is 20.1 Å². The molecule has 1 unspecified atom stereocenters. The van der Waals surface area contributed by atoms with Crippen molar-refractivity contribution in [2.45, 2.75) is 110 Å². The molecule has 9 nitrogen and oxygen atoms in total. The maximum Gasteiger partial charge on any atom is 0.312 e. The van der Waals surface area contributed by atoms with Crippen LogP contribution in [0.15, 0.2) is 12.4 Å². The van der Waals surface area contributed by atoms with Crippen LogP contribution in [0.25, 0.3) is 0 Å². The molecule has 1 saturated heterocycles. The van der Waals surface area contributed by atoms with Crippen molar-refractivity contribution in [2.75, 3.05) is 6.54 Å². The lowest BCUT2D eigenvalue weighted by Gasteiger charge is -2.42. The summed E-state index contributed by atoms with van der Waals surface area (Å²) in [6, 6.07) is -0.00845. The molecular weight excluding hydrogens is 424 g/mol. The average Bonchev–Trinajstić information content (AvgIpc) is 3.20. The monoisotopic (exact) mass is 468 g/mol. The van der Waals surface area contributed by atoms with Crippen LogP contribution in [0, 0.1) is 17.8 Å². The van der Waals surface area contributed by atoms with Crippen molar-refractivity contribution < 1.29 is 24.9 Å². The molecule has 0 aliphatic carbocycles. The highest BCUT2D eigenvalue weighted by molar-refractivity contribution is 5.73. The fourth-order valence-corrected chi connectivity index (χ4v) is 5.36. The highest BCUT2D eigenvalue weighted by Crippen LogP contribution is 2.37. The molecule has 190 valence electrons. The minimum absolute atomic E-state index is 0.00845. The summed E-state index contributed by atoms with van der Waals surface area (Å²) in [5, 5.41) is 45.5. The molecule has 1 aromatic heterocycles. The molecule has 1 fully saturated rings. The number of cyclic esters (lactones) is 1. The molecular formula is C24H44N4O5. The standard InChI is InChI=1S/C24H44N4O5/c1-8-20-23(7,31)13-18(4)25-14-16(2)11-22(6,30)12-17(3)24(32,19(5)21(29)33-20)15-28-10-9-26-27-28/h9-10,16-20,25,30-32H,8,11-15H2,1-7H3/t16-,17-,18-,19?,20-,22+,23+,24-/m1/s1. The van der Waals surface area contributed by atoms with Gasteiger partial charge in [0, 0.05) is 12.2 Å². The van der Waals surface area contributed by atoms with Crippen LogP contribution < -0.4 is 5.32 Å². The van der Waals surface area contributed by atoms with Crippen molar-refractivity contribution in [1.29, 1.82) is 0 Å². The predicted octanol–water partition coefficient (Wildman–Crippen LogP) is 1.90. The third kappa shape index (κ3) is 7.21. The zero-order valence-corrected chi connectivity index (χ0v) is 21.3.